The first-order chi connectivity index (χ1) is 7.36. The zero-order valence-electron chi connectivity index (χ0n) is 9.31. The first-order valence-electron chi connectivity index (χ1n) is 5.55. The highest BCUT2D eigenvalue weighted by Crippen LogP contribution is 2.23. The van der Waals surface area contributed by atoms with Crippen LogP contribution in [0, 0.1) is 0 Å². The quantitative estimate of drug-likeness (QED) is 0.781. The summed E-state index contributed by atoms with van der Waals surface area (Å²) in [5.41, 5.74) is 0. The molecule has 2 rings (SSSR count). The lowest BCUT2D eigenvalue weighted by molar-refractivity contribution is 0.187. The van der Waals surface area contributed by atoms with E-state index in [-0.39, 0.29) is 0 Å². The Morgan fingerprint density at radius 1 is 1.53 bits per heavy atom. The van der Waals surface area contributed by atoms with Gasteiger partial charge in [-0.15, -0.1) is 10.2 Å². The van der Waals surface area contributed by atoms with Crippen LogP contribution in [-0.4, -0.2) is 40.6 Å². The molecule has 1 fully saturated rings. The minimum absolute atomic E-state index is 0.340. The Morgan fingerprint density at radius 3 is 3.13 bits per heavy atom. The Hall–Kier alpha value is -0.940. The average molecular weight is 210 g/mol. The van der Waals surface area contributed by atoms with Gasteiger partial charge in [-0.05, 0) is 13.5 Å². The summed E-state index contributed by atoms with van der Waals surface area (Å²) in [5, 5.41) is 11.6. The van der Waals surface area contributed by atoms with Gasteiger partial charge in [0, 0.05) is 12.6 Å². The predicted molar refractivity (Wildman–Crippen MR) is 56.7 cm³/mol. The van der Waals surface area contributed by atoms with E-state index in [0.29, 0.717) is 12.0 Å². The van der Waals surface area contributed by atoms with Crippen molar-refractivity contribution in [3.63, 3.8) is 0 Å². The molecule has 0 bridgehead atoms. The van der Waals surface area contributed by atoms with Gasteiger partial charge in [-0.3, -0.25) is 0 Å². The van der Waals surface area contributed by atoms with E-state index in [1.165, 1.54) is 0 Å². The highest BCUT2D eigenvalue weighted by molar-refractivity contribution is 5.04. The Kier molecular flexibility index (Phi) is 3.33. The largest absolute Gasteiger partial charge is 0.379 e. The lowest BCUT2D eigenvalue weighted by Gasteiger charge is -2.17. The van der Waals surface area contributed by atoms with Crippen molar-refractivity contribution in [1.29, 1.82) is 0 Å². The van der Waals surface area contributed by atoms with Crippen LogP contribution < -0.4 is 5.32 Å². The van der Waals surface area contributed by atoms with E-state index in [4.69, 9.17) is 4.74 Å². The summed E-state index contributed by atoms with van der Waals surface area (Å²) in [4.78, 5) is 0. The summed E-state index contributed by atoms with van der Waals surface area (Å²) in [6.07, 6.45) is 1.79. The molecule has 5 heteroatoms. The zero-order valence-corrected chi connectivity index (χ0v) is 9.31. The van der Waals surface area contributed by atoms with Gasteiger partial charge >= 0.3 is 0 Å². The van der Waals surface area contributed by atoms with Gasteiger partial charge in [-0.1, -0.05) is 6.92 Å². The van der Waals surface area contributed by atoms with Crippen LogP contribution in [0.3, 0.4) is 0 Å². The number of rotatable bonds is 4. The van der Waals surface area contributed by atoms with Gasteiger partial charge in [0.05, 0.1) is 19.1 Å². The Morgan fingerprint density at radius 2 is 2.40 bits per heavy atom. The zero-order chi connectivity index (χ0) is 10.7. The highest BCUT2D eigenvalue weighted by atomic mass is 16.5. The molecule has 5 nitrogen and oxygen atoms in total. The number of nitrogens with zero attached hydrogens (tertiary/aromatic N) is 3. The van der Waals surface area contributed by atoms with E-state index in [9.17, 15) is 0 Å². The summed E-state index contributed by atoms with van der Waals surface area (Å²) in [7, 11) is 0. The van der Waals surface area contributed by atoms with Crippen molar-refractivity contribution in [3.05, 3.63) is 12.2 Å². The monoisotopic (exact) mass is 210 g/mol. The molecule has 1 aromatic rings. The number of ether oxygens (including phenoxy) is 1. The summed E-state index contributed by atoms with van der Waals surface area (Å²) < 4.78 is 7.59. The average Bonchev–Trinajstić information content (AvgIpc) is 2.84. The van der Waals surface area contributed by atoms with Crippen LogP contribution in [0.1, 0.15) is 25.6 Å². The minimum atomic E-state index is 0.340. The van der Waals surface area contributed by atoms with Crippen LogP contribution in [-0.2, 0) is 11.3 Å². The third-order valence-electron chi connectivity index (χ3n) is 2.86. The SMILES string of the molecule is CCNC1COCC1c1nncn1CC. The molecule has 0 spiro atoms. The van der Waals surface area contributed by atoms with E-state index in [0.717, 1.165) is 32.1 Å². The molecule has 84 valence electrons. The number of nitrogens with one attached hydrogen (secondary N) is 1. The molecule has 0 aliphatic carbocycles. The van der Waals surface area contributed by atoms with E-state index in [1.807, 2.05) is 0 Å². The lowest BCUT2D eigenvalue weighted by Crippen LogP contribution is -2.35. The van der Waals surface area contributed by atoms with E-state index < -0.39 is 0 Å². The molecular formula is C10H18N4O. The smallest absolute Gasteiger partial charge is 0.139 e. The molecule has 1 aromatic heterocycles. The van der Waals surface area contributed by atoms with Crippen molar-refractivity contribution in [2.24, 2.45) is 0 Å². The van der Waals surface area contributed by atoms with Crippen molar-refractivity contribution in [3.8, 4) is 0 Å². The minimum Gasteiger partial charge on any atom is -0.379 e. The molecule has 1 N–H and O–H groups in total. The maximum atomic E-state index is 5.50. The third-order valence-corrected chi connectivity index (χ3v) is 2.86. The number of aromatic nitrogens is 3. The van der Waals surface area contributed by atoms with Crippen LogP contribution in [0.4, 0.5) is 0 Å². The van der Waals surface area contributed by atoms with E-state index >= 15 is 0 Å². The Bertz CT molecular complexity index is 312. The fraction of sp³-hybridized carbons (Fsp3) is 0.800. The molecule has 1 aliphatic rings. The van der Waals surface area contributed by atoms with Gasteiger partial charge in [0.15, 0.2) is 0 Å². The number of aryl methyl sites for hydroxylation is 1. The van der Waals surface area contributed by atoms with E-state index in [2.05, 4.69) is 33.9 Å². The predicted octanol–water partition coefficient (Wildman–Crippen LogP) is 0.390. The second kappa shape index (κ2) is 4.72. The van der Waals surface area contributed by atoms with Gasteiger partial charge < -0.3 is 14.6 Å². The first kappa shape index (κ1) is 10.6. The van der Waals surface area contributed by atoms with Gasteiger partial charge in [0.2, 0.25) is 0 Å². The molecule has 1 aliphatic heterocycles. The Labute approximate surface area is 89.8 Å². The van der Waals surface area contributed by atoms with Gasteiger partial charge in [0.1, 0.15) is 12.2 Å². The second-order valence-electron chi connectivity index (χ2n) is 3.78. The molecule has 0 aromatic carbocycles. The lowest BCUT2D eigenvalue weighted by atomic mass is 10.0. The van der Waals surface area contributed by atoms with Gasteiger partial charge in [0.25, 0.3) is 0 Å². The molecule has 1 saturated heterocycles. The maximum absolute atomic E-state index is 5.50. The van der Waals surface area contributed by atoms with E-state index in [1.54, 1.807) is 6.33 Å². The Balaban J connectivity index is 2.15. The summed E-state index contributed by atoms with van der Waals surface area (Å²) in [5.74, 6) is 1.38. The molecule has 2 heterocycles. The van der Waals surface area contributed by atoms with Crippen LogP contribution in [0.5, 0.6) is 0 Å². The van der Waals surface area contributed by atoms with Gasteiger partial charge in [-0.25, -0.2) is 0 Å². The molecule has 0 amide bonds. The molecule has 15 heavy (non-hydrogen) atoms. The first-order valence-corrected chi connectivity index (χ1v) is 5.55. The molecule has 0 radical (unpaired) electrons. The van der Waals surface area contributed by atoms with Crippen molar-refractivity contribution < 1.29 is 4.74 Å². The van der Waals surface area contributed by atoms with Crippen LogP contribution in [0.2, 0.25) is 0 Å². The summed E-state index contributed by atoms with van der Waals surface area (Å²) >= 11 is 0. The summed E-state index contributed by atoms with van der Waals surface area (Å²) in [6.45, 7) is 7.61. The fourth-order valence-corrected chi connectivity index (χ4v) is 2.07. The van der Waals surface area contributed by atoms with Crippen molar-refractivity contribution in [1.82, 2.24) is 20.1 Å². The van der Waals surface area contributed by atoms with Crippen LogP contribution in [0.15, 0.2) is 6.33 Å². The van der Waals surface area contributed by atoms with Crippen LogP contribution >= 0.6 is 0 Å². The number of likely N-dealkylation sites (N-methyl/N-ethyl adjacent to an activating group) is 1. The third kappa shape index (κ3) is 2.03. The maximum Gasteiger partial charge on any atom is 0.139 e. The number of hydrogen-bond acceptors (Lipinski definition) is 4. The highest BCUT2D eigenvalue weighted by Gasteiger charge is 2.32. The molecule has 2 unspecified atom stereocenters. The van der Waals surface area contributed by atoms with Gasteiger partial charge in [-0.2, -0.15) is 0 Å². The summed E-state index contributed by atoms with van der Waals surface area (Å²) in [6, 6.07) is 0.379. The molecule has 2 atom stereocenters. The normalized spacial score (nSPS) is 26.0. The topological polar surface area (TPSA) is 52.0 Å². The number of hydrogen-bond donors (Lipinski definition) is 1. The van der Waals surface area contributed by atoms with Crippen LogP contribution in [0.25, 0.3) is 0 Å². The fourth-order valence-electron chi connectivity index (χ4n) is 2.07. The van der Waals surface area contributed by atoms with Crippen molar-refractivity contribution >= 4 is 0 Å². The van der Waals surface area contributed by atoms with Crippen molar-refractivity contribution in [2.75, 3.05) is 19.8 Å². The molecule has 0 saturated carbocycles. The van der Waals surface area contributed by atoms with Crippen molar-refractivity contribution in [2.45, 2.75) is 32.4 Å². The second-order valence-corrected chi connectivity index (χ2v) is 3.78. The molecular weight excluding hydrogens is 192 g/mol. The standard InChI is InChI=1S/C10H18N4O/c1-3-11-9-6-15-5-8(9)10-13-12-7-14(10)4-2/h7-9,11H,3-6H2,1-2H3.